The maximum absolute atomic E-state index is 12.4. The lowest BCUT2D eigenvalue weighted by atomic mass is 9.97. The second-order valence-electron chi connectivity index (χ2n) is 7.94. The molecule has 0 aliphatic heterocycles. The summed E-state index contributed by atoms with van der Waals surface area (Å²) in [5.41, 5.74) is 4.31. The molecule has 1 aromatic heterocycles. The van der Waals surface area contributed by atoms with Gasteiger partial charge in [0.25, 0.3) is 0 Å². The number of carbonyl (C=O) groups is 1. The number of nitrogens with zero attached hydrogens (tertiary/aromatic N) is 1. The number of pyridine rings is 1. The Hall–Kier alpha value is -2.25. The smallest absolute Gasteiger partial charge is 0.335 e. The van der Waals surface area contributed by atoms with E-state index in [0.29, 0.717) is 12.3 Å². The normalized spacial score (nSPS) is 12.7. The molecular formula is C26H30INO3. The van der Waals surface area contributed by atoms with Crippen LogP contribution in [0, 0.1) is 5.92 Å². The van der Waals surface area contributed by atoms with E-state index in [1.54, 1.807) is 0 Å². The molecule has 164 valence electrons. The zero-order valence-electron chi connectivity index (χ0n) is 18.5. The Labute approximate surface area is 202 Å². The maximum Gasteiger partial charge on any atom is 0.335 e. The Morgan fingerprint density at radius 1 is 0.871 bits per heavy atom. The molecule has 0 radical (unpaired) electrons. The van der Waals surface area contributed by atoms with Crippen molar-refractivity contribution in [1.82, 2.24) is 0 Å². The van der Waals surface area contributed by atoms with Crippen LogP contribution in [0.3, 0.4) is 0 Å². The summed E-state index contributed by atoms with van der Waals surface area (Å²) < 4.78 is 13.4. The fourth-order valence-corrected chi connectivity index (χ4v) is 3.45. The van der Waals surface area contributed by atoms with Gasteiger partial charge in [-0.05, 0) is 34.6 Å². The Balaban J connectivity index is 0.00000341. The first-order valence-electron chi connectivity index (χ1n) is 10.3. The van der Waals surface area contributed by atoms with Gasteiger partial charge in [-0.15, -0.1) is 0 Å². The van der Waals surface area contributed by atoms with E-state index in [1.807, 2.05) is 54.3 Å². The average molecular weight is 531 g/mol. The summed E-state index contributed by atoms with van der Waals surface area (Å²) in [6, 6.07) is 22.5. The number of hydrogen-bond acceptors (Lipinski definition) is 3. The molecule has 1 unspecified atom stereocenters. The maximum atomic E-state index is 12.4. The van der Waals surface area contributed by atoms with Crippen LogP contribution in [0.1, 0.15) is 37.5 Å². The van der Waals surface area contributed by atoms with Gasteiger partial charge in [-0.25, -0.2) is 9.36 Å². The van der Waals surface area contributed by atoms with Crippen LogP contribution in [-0.4, -0.2) is 19.2 Å². The Kier molecular flexibility index (Phi) is 9.65. The highest BCUT2D eigenvalue weighted by molar-refractivity contribution is 5.74. The Morgan fingerprint density at radius 3 is 1.97 bits per heavy atom. The number of rotatable bonds is 8. The topological polar surface area (TPSA) is 39.4 Å². The lowest BCUT2D eigenvalue weighted by Crippen LogP contribution is -3.00. The molecule has 31 heavy (non-hydrogen) atoms. The lowest BCUT2D eigenvalue weighted by Gasteiger charge is -2.25. The number of aromatic nitrogens is 1. The van der Waals surface area contributed by atoms with Crippen molar-refractivity contribution in [3.63, 3.8) is 0 Å². The number of halogens is 1. The molecule has 0 fully saturated rings. The van der Waals surface area contributed by atoms with Crippen LogP contribution >= 0.6 is 0 Å². The number of aryl methyl sites for hydroxylation is 1. The van der Waals surface area contributed by atoms with Crippen LogP contribution in [0.25, 0.3) is 11.1 Å². The lowest BCUT2D eigenvalue weighted by molar-refractivity contribution is -0.671. The molecule has 0 saturated heterocycles. The Morgan fingerprint density at radius 2 is 1.42 bits per heavy atom. The summed E-state index contributed by atoms with van der Waals surface area (Å²) in [6.45, 7) is 4.15. The summed E-state index contributed by atoms with van der Waals surface area (Å²) in [7, 11) is 3.41. The highest BCUT2D eigenvalue weighted by Gasteiger charge is 2.27. The summed E-state index contributed by atoms with van der Waals surface area (Å²) in [6.07, 6.45) is 3.71. The van der Waals surface area contributed by atoms with Crippen molar-refractivity contribution in [3.8, 4) is 11.1 Å². The fraction of sp³-hybridized carbons (Fsp3) is 0.308. The van der Waals surface area contributed by atoms with E-state index in [2.05, 4.69) is 50.2 Å². The van der Waals surface area contributed by atoms with Crippen LogP contribution in [0.4, 0.5) is 0 Å². The van der Waals surface area contributed by atoms with Crippen LogP contribution in [-0.2, 0) is 21.3 Å². The summed E-state index contributed by atoms with van der Waals surface area (Å²) in [5, 5.41) is 0. The van der Waals surface area contributed by atoms with E-state index in [1.165, 1.54) is 7.11 Å². The number of carbonyl (C=O) groups excluding carboxylic acids is 1. The number of hydrogen-bond donors (Lipinski definition) is 0. The van der Waals surface area contributed by atoms with Gasteiger partial charge in [-0.1, -0.05) is 68.4 Å². The molecule has 0 N–H and O–H groups in total. The highest BCUT2D eigenvalue weighted by Crippen LogP contribution is 2.31. The molecule has 0 aliphatic carbocycles. The molecule has 5 heteroatoms. The van der Waals surface area contributed by atoms with E-state index >= 15 is 0 Å². The van der Waals surface area contributed by atoms with Crippen molar-refractivity contribution >= 4 is 5.97 Å². The molecular weight excluding hydrogens is 501 g/mol. The molecule has 2 atom stereocenters. The zero-order chi connectivity index (χ0) is 21.5. The van der Waals surface area contributed by atoms with Gasteiger partial charge in [0.15, 0.2) is 18.5 Å². The van der Waals surface area contributed by atoms with Crippen molar-refractivity contribution in [2.75, 3.05) is 7.11 Å². The highest BCUT2D eigenvalue weighted by atomic mass is 127. The molecule has 0 saturated carbocycles. The summed E-state index contributed by atoms with van der Waals surface area (Å²) >= 11 is 0. The minimum atomic E-state index is -0.617. The van der Waals surface area contributed by atoms with E-state index in [4.69, 9.17) is 9.47 Å². The molecule has 0 aliphatic rings. The minimum Gasteiger partial charge on any atom is -1.00 e. The second-order valence-corrected chi connectivity index (χ2v) is 7.94. The third-order valence-electron chi connectivity index (χ3n) is 5.08. The van der Waals surface area contributed by atoms with Crippen molar-refractivity contribution < 1.29 is 42.8 Å². The molecule has 0 amide bonds. The summed E-state index contributed by atoms with van der Waals surface area (Å²) in [4.78, 5) is 12.4. The van der Waals surface area contributed by atoms with E-state index in [0.717, 1.165) is 22.3 Å². The molecule has 3 rings (SSSR count). The number of methoxy groups -OCH3 is 1. The predicted octanol–water partition coefficient (Wildman–Crippen LogP) is 1.88. The molecule has 4 nitrogen and oxygen atoms in total. The van der Waals surface area contributed by atoms with Crippen molar-refractivity contribution in [2.45, 2.75) is 32.5 Å². The Bertz CT molecular complexity index is 941. The van der Waals surface area contributed by atoms with Gasteiger partial charge in [0, 0.05) is 12.1 Å². The third kappa shape index (κ3) is 6.87. The van der Waals surface area contributed by atoms with Crippen LogP contribution in [0.2, 0.25) is 0 Å². The SMILES string of the molecule is COC(=O)[C@H](CC(C)C)OC(c1ccccc1)c1ccc(-c2cc[n+](C)cc2)cc1.[I-]. The first-order chi connectivity index (χ1) is 14.5. The van der Waals surface area contributed by atoms with Gasteiger partial charge in [0.05, 0.1) is 7.11 Å². The molecule has 1 heterocycles. The predicted molar refractivity (Wildman–Crippen MR) is 118 cm³/mol. The third-order valence-corrected chi connectivity index (χ3v) is 5.08. The van der Waals surface area contributed by atoms with E-state index < -0.39 is 6.10 Å². The number of ether oxygens (including phenoxy) is 2. The molecule has 0 spiro atoms. The number of benzene rings is 2. The first kappa shape index (κ1) is 25.0. The average Bonchev–Trinajstić information content (AvgIpc) is 2.77. The largest absolute Gasteiger partial charge is 1.00 e. The van der Waals surface area contributed by atoms with Crippen molar-refractivity contribution in [1.29, 1.82) is 0 Å². The van der Waals surface area contributed by atoms with Crippen LogP contribution < -0.4 is 28.5 Å². The van der Waals surface area contributed by atoms with Gasteiger partial charge < -0.3 is 33.5 Å². The van der Waals surface area contributed by atoms with Crippen LogP contribution in [0.15, 0.2) is 79.1 Å². The first-order valence-corrected chi connectivity index (χ1v) is 10.3. The molecule has 2 aromatic carbocycles. The van der Waals surface area contributed by atoms with Gasteiger partial charge in [0.2, 0.25) is 0 Å². The standard InChI is InChI=1S/C26H30NO3.HI/c1-19(2)18-24(26(28)29-4)30-25(22-8-6-5-7-9-22)23-12-10-20(11-13-23)21-14-16-27(3)17-15-21;/h5-17,19,24-25H,18H2,1-4H3;1H/q+1;/p-1/t24-,25?;/m0./s1. The minimum absolute atomic E-state index is 0. The zero-order valence-corrected chi connectivity index (χ0v) is 20.7. The fourth-order valence-electron chi connectivity index (χ4n) is 3.45. The summed E-state index contributed by atoms with van der Waals surface area (Å²) in [5.74, 6) is -0.0225. The van der Waals surface area contributed by atoms with Crippen LogP contribution in [0.5, 0.6) is 0 Å². The quantitative estimate of drug-likeness (QED) is 0.253. The molecule has 0 bridgehead atoms. The second kappa shape index (κ2) is 12.0. The van der Waals surface area contributed by atoms with Crippen molar-refractivity contribution in [3.05, 3.63) is 90.3 Å². The van der Waals surface area contributed by atoms with E-state index in [-0.39, 0.29) is 36.0 Å². The van der Waals surface area contributed by atoms with Crippen molar-refractivity contribution in [2.24, 2.45) is 13.0 Å². The van der Waals surface area contributed by atoms with Gasteiger partial charge >= 0.3 is 5.97 Å². The molecule has 3 aromatic rings. The van der Waals surface area contributed by atoms with Gasteiger partial charge in [-0.3, -0.25) is 0 Å². The van der Waals surface area contributed by atoms with Gasteiger partial charge in [-0.2, -0.15) is 0 Å². The number of esters is 1. The van der Waals surface area contributed by atoms with Gasteiger partial charge in [0.1, 0.15) is 13.2 Å². The van der Waals surface area contributed by atoms with E-state index in [9.17, 15) is 4.79 Å². The monoisotopic (exact) mass is 531 g/mol.